The molecule has 0 aromatic heterocycles. The van der Waals surface area contributed by atoms with Gasteiger partial charge in [-0.25, -0.2) is 4.39 Å². The standard InChI is InChI=1S/C21H33ClN2O.C21H33FN2O/c1-23-12-14-24(15-13-23)17-19-9-4-2-3-7-11-21(19,25)16-18-8-5-6-10-20(18)22;1-23-12-14-24(15-13-23)17-19-6-4-2-3-5-11-21(19,25)16-18-7-9-20(22)10-8-18/h5-6,8,10,19,25H,2-4,7,9,11-17H2,1H3;7-10,19,25H,2-6,11-17H2,1H3. The number of hydrogen-bond acceptors (Lipinski definition) is 6. The SMILES string of the molecule is CN1CCN(CC2CCCCCCC2(O)Cc2ccc(F)cc2)CC1.CN1CCN(CC2CCCCCCC2(O)Cc2ccccc2Cl)CC1. The van der Waals surface area contributed by atoms with E-state index in [9.17, 15) is 14.6 Å². The quantitative estimate of drug-likeness (QED) is 0.304. The smallest absolute Gasteiger partial charge is 0.123 e. The molecule has 8 heteroatoms. The summed E-state index contributed by atoms with van der Waals surface area (Å²) >= 11 is 6.41. The summed E-state index contributed by atoms with van der Waals surface area (Å²) in [7, 11) is 4.37. The van der Waals surface area contributed by atoms with Crippen molar-refractivity contribution in [3.63, 3.8) is 0 Å². The maximum Gasteiger partial charge on any atom is 0.123 e. The van der Waals surface area contributed by atoms with Gasteiger partial charge in [-0.2, -0.15) is 0 Å². The summed E-state index contributed by atoms with van der Waals surface area (Å²) in [6.45, 7) is 10.9. The van der Waals surface area contributed by atoms with E-state index in [1.165, 1.54) is 50.7 Å². The number of nitrogens with zero attached hydrogens (tertiary/aromatic N) is 4. The number of piperazine rings is 2. The molecule has 50 heavy (non-hydrogen) atoms. The summed E-state index contributed by atoms with van der Waals surface area (Å²) < 4.78 is 13.2. The van der Waals surface area contributed by atoms with Crippen LogP contribution in [0.3, 0.4) is 0 Å². The molecule has 4 aliphatic rings. The van der Waals surface area contributed by atoms with Crippen molar-refractivity contribution in [2.24, 2.45) is 11.8 Å². The molecule has 2 aromatic carbocycles. The van der Waals surface area contributed by atoms with E-state index >= 15 is 0 Å². The van der Waals surface area contributed by atoms with Crippen LogP contribution in [0.15, 0.2) is 48.5 Å². The van der Waals surface area contributed by atoms with Crippen molar-refractivity contribution in [2.75, 3.05) is 79.5 Å². The normalized spacial score (nSPS) is 30.0. The van der Waals surface area contributed by atoms with Gasteiger partial charge in [-0.1, -0.05) is 93.3 Å². The lowest BCUT2D eigenvalue weighted by molar-refractivity contribution is -0.0515. The second-order valence-electron chi connectivity index (χ2n) is 16.3. The van der Waals surface area contributed by atoms with Crippen LogP contribution >= 0.6 is 11.6 Å². The fraction of sp³-hybridized carbons (Fsp3) is 0.714. The van der Waals surface area contributed by atoms with Gasteiger partial charge in [0, 0.05) is 95.1 Å². The van der Waals surface area contributed by atoms with Crippen LogP contribution < -0.4 is 0 Å². The Labute approximate surface area is 308 Å². The van der Waals surface area contributed by atoms with Gasteiger partial charge >= 0.3 is 0 Å². The molecule has 0 amide bonds. The highest BCUT2D eigenvalue weighted by atomic mass is 35.5. The van der Waals surface area contributed by atoms with E-state index in [4.69, 9.17) is 11.6 Å². The van der Waals surface area contributed by atoms with Gasteiger partial charge in [0.1, 0.15) is 5.82 Å². The number of aliphatic hydroxyl groups is 2. The monoisotopic (exact) mass is 712 g/mol. The molecule has 280 valence electrons. The van der Waals surface area contributed by atoms with Gasteiger partial charge in [-0.05, 0) is 69.1 Å². The molecule has 2 heterocycles. The van der Waals surface area contributed by atoms with Gasteiger partial charge in [-0.3, -0.25) is 0 Å². The van der Waals surface area contributed by atoms with Crippen molar-refractivity contribution in [2.45, 2.75) is 101 Å². The summed E-state index contributed by atoms with van der Waals surface area (Å²) in [6.07, 6.45) is 15.0. The molecule has 2 aliphatic carbocycles. The molecule has 2 aliphatic heterocycles. The van der Waals surface area contributed by atoms with Crippen LogP contribution in [0.5, 0.6) is 0 Å². The minimum absolute atomic E-state index is 0.206. The zero-order valence-electron chi connectivity index (χ0n) is 31.2. The molecule has 4 unspecified atom stereocenters. The molecule has 2 aromatic rings. The van der Waals surface area contributed by atoms with Gasteiger partial charge in [0.15, 0.2) is 0 Å². The minimum Gasteiger partial charge on any atom is -0.389 e. The molecule has 6 rings (SSSR count). The predicted octanol–water partition coefficient (Wildman–Crippen LogP) is 7.15. The average Bonchev–Trinajstić information content (AvgIpc) is 3.09. The molecule has 2 N–H and O–H groups in total. The van der Waals surface area contributed by atoms with Crippen LogP contribution in [0.4, 0.5) is 4.39 Å². The van der Waals surface area contributed by atoms with Crippen LogP contribution in [0, 0.1) is 17.7 Å². The highest BCUT2D eigenvalue weighted by Crippen LogP contribution is 2.37. The van der Waals surface area contributed by atoms with Crippen LogP contribution in [-0.2, 0) is 12.8 Å². The first-order valence-corrected chi connectivity index (χ1v) is 20.2. The first kappa shape index (κ1) is 39.6. The number of likely N-dealkylation sites (N-methyl/N-ethyl adjacent to an activating group) is 2. The predicted molar refractivity (Wildman–Crippen MR) is 205 cm³/mol. The van der Waals surface area contributed by atoms with Gasteiger partial charge in [0.25, 0.3) is 0 Å². The van der Waals surface area contributed by atoms with E-state index < -0.39 is 11.2 Å². The highest BCUT2D eigenvalue weighted by Gasteiger charge is 2.39. The Hall–Kier alpha value is -1.58. The summed E-state index contributed by atoms with van der Waals surface area (Å²) in [5.74, 6) is 0.441. The Balaban J connectivity index is 0.000000194. The van der Waals surface area contributed by atoms with Crippen LogP contribution in [0.2, 0.25) is 5.02 Å². The Bertz CT molecular complexity index is 1270. The molecule has 0 spiro atoms. The maximum absolute atomic E-state index is 13.2. The Kier molecular flexibility index (Phi) is 15.4. The minimum atomic E-state index is -0.665. The van der Waals surface area contributed by atoms with E-state index in [0.29, 0.717) is 24.7 Å². The third-order valence-electron chi connectivity index (χ3n) is 12.4. The maximum atomic E-state index is 13.2. The van der Waals surface area contributed by atoms with E-state index in [2.05, 4.69) is 39.8 Å². The van der Waals surface area contributed by atoms with E-state index in [1.807, 2.05) is 30.3 Å². The number of benzene rings is 2. The lowest BCUT2D eigenvalue weighted by Gasteiger charge is -2.42. The van der Waals surface area contributed by atoms with Crippen molar-refractivity contribution in [1.29, 1.82) is 0 Å². The molecule has 4 atom stereocenters. The second kappa shape index (κ2) is 19.5. The first-order valence-electron chi connectivity index (χ1n) is 19.9. The van der Waals surface area contributed by atoms with Gasteiger partial charge in [0.05, 0.1) is 11.2 Å². The van der Waals surface area contributed by atoms with Crippen LogP contribution in [0.25, 0.3) is 0 Å². The van der Waals surface area contributed by atoms with Crippen molar-refractivity contribution in [1.82, 2.24) is 19.6 Å². The fourth-order valence-corrected chi connectivity index (χ4v) is 9.10. The number of halogens is 2. The van der Waals surface area contributed by atoms with Crippen molar-refractivity contribution in [3.8, 4) is 0 Å². The number of hydrogen-bond donors (Lipinski definition) is 2. The van der Waals surface area contributed by atoms with E-state index in [-0.39, 0.29) is 5.82 Å². The third kappa shape index (κ3) is 12.0. The van der Waals surface area contributed by atoms with Gasteiger partial charge in [0.2, 0.25) is 0 Å². The largest absolute Gasteiger partial charge is 0.389 e. The zero-order chi connectivity index (χ0) is 35.4. The Morgan fingerprint density at radius 2 is 1.08 bits per heavy atom. The Morgan fingerprint density at radius 3 is 1.58 bits per heavy atom. The fourth-order valence-electron chi connectivity index (χ4n) is 8.90. The third-order valence-corrected chi connectivity index (χ3v) is 12.7. The van der Waals surface area contributed by atoms with Gasteiger partial charge in [-0.15, -0.1) is 0 Å². The molecule has 2 saturated heterocycles. The molecule has 0 bridgehead atoms. The van der Waals surface area contributed by atoms with Gasteiger partial charge < -0.3 is 29.8 Å². The van der Waals surface area contributed by atoms with Crippen molar-refractivity contribution < 1.29 is 14.6 Å². The number of rotatable bonds is 8. The summed E-state index contributed by atoms with van der Waals surface area (Å²) in [6, 6.07) is 14.7. The first-order chi connectivity index (χ1) is 24.1. The molecular formula is C42H66ClFN4O2. The van der Waals surface area contributed by atoms with Crippen molar-refractivity contribution in [3.05, 3.63) is 70.5 Å². The zero-order valence-corrected chi connectivity index (χ0v) is 31.9. The molecular weight excluding hydrogens is 647 g/mol. The summed E-state index contributed by atoms with van der Waals surface area (Å²) in [5, 5.41) is 24.1. The highest BCUT2D eigenvalue weighted by molar-refractivity contribution is 6.31. The lowest BCUT2D eigenvalue weighted by atomic mass is 9.74. The summed E-state index contributed by atoms with van der Waals surface area (Å²) in [4.78, 5) is 9.86. The molecule has 2 saturated carbocycles. The summed E-state index contributed by atoms with van der Waals surface area (Å²) in [5.41, 5.74) is 0.847. The molecule has 4 fully saturated rings. The Morgan fingerprint density at radius 1 is 0.620 bits per heavy atom. The lowest BCUT2D eigenvalue weighted by Crippen LogP contribution is -2.51. The van der Waals surface area contributed by atoms with E-state index in [1.54, 1.807) is 0 Å². The second-order valence-corrected chi connectivity index (χ2v) is 16.7. The molecule has 6 nitrogen and oxygen atoms in total. The molecule has 0 radical (unpaired) electrons. The van der Waals surface area contributed by atoms with Crippen LogP contribution in [-0.4, -0.2) is 121 Å². The topological polar surface area (TPSA) is 53.4 Å². The van der Waals surface area contributed by atoms with E-state index in [0.717, 1.165) is 120 Å². The average molecular weight is 713 g/mol. The van der Waals surface area contributed by atoms with Crippen molar-refractivity contribution >= 4 is 11.6 Å². The van der Waals surface area contributed by atoms with Crippen LogP contribution in [0.1, 0.15) is 88.2 Å².